The number of nitrogens with one attached hydrogen (secondary N) is 2. The zero-order valence-electron chi connectivity index (χ0n) is 14.7. The van der Waals surface area contributed by atoms with Gasteiger partial charge in [0.2, 0.25) is 0 Å². The Morgan fingerprint density at radius 2 is 2.07 bits per heavy atom. The number of hydrogen-bond acceptors (Lipinski definition) is 5. The first-order chi connectivity index (χ1) is 13.5. The lowest BCUT2D eigenvalue weighted by Crippen LogP contribution is -2.30. The van der Waals surface area contributed by atoms with Gasteiger partial charge in [0.15, 0.2) is 0 Å². The summed E-state index contributed by atoms with van der Waals surface area (Å²) >= 11 is 4.44. The number of rotatable bonds is 4. The molecule has 0 fully saturated rings. The van der Waals surface area contributed by atoms with Gasteiger partial charge >= 0.3 is 4.87 Å². The van der Waals surface area contributed by atoms with Crippen LogP contribution in [0.5, 0.6) is 5.75 Å². The zero-order chi connectivity index (χ0) is 19.7. The highest BCUT2D eigenvalue weighted by atomic mass is 79.9. The van der Waals surface area contributed by atoms with Gasteiger partial charge in [-0.25, -0.2) is 4.99 Å². The van der Waals surface area contributed by atoms with Crippen LogP contribution in [-0.4, -0.2) is 18.0 Å². The molecule has 3 aromatic rings. The van der Waals surface area contributed by atoms with Crippen LogP contribution >= 0.6 is 27.3 Å². The Kier molecular flexibility index (Phi) is 4.97. The minimum Gasteiger partial charge on any atom is -0.497 e. The highest BCUT2D eigenvalue weighted by molar-refractivity contribution is 9.10. The van der Waals surface area contributed by atoms with Crippen molar-refractivity contribution in [2.75, 3.05) is 12.4 Å². The molecule has 0 radical (unpaired) electrons. The van der Waals surface area contributed by atoms with Crippen molar-refractivity contribution < 1.29 is 9.53 Å². The van der Waals surface area contributed by atoms with Gasteiger partial charge in [-0.2, -0.15) is 0 Å². The van der Waals surface area contributed by atoms with E-state index in [9.17, 15) is 9.59 Å². The summed E-state index contributed by atoms with van der Waals surface area (Å²) in [5, 5.41) is 4.56. The van der Waals surface area contributed by atoms with Crippen LogP contribution in [0.4, 0.5) is 11.5 Å². The number of nitrogens with zero attached hydrogens (tertiary/aromatic N) is 1. The first-order valence-electron chi connectivity index (χ1n) is 8.28. The van der Waals surface area contributed by atoms with E-state index < -0.39 is 0 Å². The van der Waals surface area contributed by atoms with Gasteiger partial charge in [-0.3, -0.25) is 14.6 Å². The van der Waals surface area contributed by atoms with Crippen molar-refractivity contribution in [2.24, 2.45) is 4.99 Å². The van der Waals surface area contributed by atoms with Gasteiger partial charge in [-0.15, -0.1) is 0 Å². The molecule has 8 heteroatoms. The van der Waals surface area contributed by atoms with E-state index in [1.54, 1.807) is 31.4 Å². The van der Waals surface area contributed by atoms with Gasteiger partial charge in [0.1, 0.15) is 11.6 Å². The standard InChI is InChI=1S/C20H14BrN3O3S/c1-27-15-5-6-16-11(8-15)7-12(19(25)23-16)9-17-18(24-20(26)28-17)22-14-4-2-3-13(21)10-14/h2-10,22H,1H3,(H,24,26). The molecule has 0 saturated heterocycles. The van der Waals surface area contributed by atoms with Gasteiger partial charge in [0.25, 0.3) is 5.91 Å². The molecule has 4 rings (SSSR count). The maximum absolute atomic E-state index is 12.4. The Hall–Kier alpha value is -2.97. The molecule has 1 aliphatic rings. The van der Waals surface area contributed by atoms with Crippen LogP contribution in [0.2, 0.25) is 0 Å². The maximum atomic E-state index is 12.4. The van der Waals surface area contributed by atoms with Crippen LogP contribution in [0.15, 0.2) is 62.3 Å². The van der Waals surface area contributed by atoms with Gasteiger partial charge in [-0.1, -0.05) is 33.3 Å². The van der Waals surface area contributed by atoms with E-state index >= 15 is 0 Å². The number of amides is 1. The van der Waals surface area contributed by atoms with Gasteiger partial charge in [-0.05, 0) is 48.6 Å². The van der Waals surface area contributed by atoms with E-state index in [0.717, 1.165) is 26.7 Å². The van der Waals surface area contributed by atoms with Crippen LogP contribution in [0.3, 0.4) is 0 Å². The van der Waals surface area contributed by atoms with Crippen LogP contribution in [0, 0.1) is 0 Å². The van der Waals surface area contributed by atoms with Gasteiger partial charge in [0, 0.05) is 21.0 Å². The predicted octanol–water partition coefficient (Wildman–Crippen LogP) is 2.98. The molecular weight excluding hydrogens is 442 g/mol. The first-order valence-corrected chi connectivity index (χ1v) is 9.89. The molecule has 2 N–H and O–H groups in total. The largest absolute Gasteiger partial charge is 0.497 e. The van der Waals surface area contributed by atoms with Crippen molar-refractivity contribution in [3.8, 4) is 5.75 Å². The minimum atomic E-state index is -0.355. The molecule has 0 aliphatic carbocycles. The fourth-order valence-electron chi connectivity index (χ4n) is 2.77. The van der Waals surface area contributed by atoms with E-state index in [-0.39, 0.29) is 10.8 Å². The van der Waals surface area contributed by atoms with E-state index in [0.29, 0.717) is 27.4 Å². The summed E-state index contributed by atoms with van der Waals surface area (Å²) in [5.41, 5.74) is 1.20. The number of anilines is 2. The van der Waals surface area contributed by atoms with Crippen molar-refractivity contribution in [1.29, 1.82) is 0 Å². The third kappa shape index (κ3) is 3.83. The van der Waals surface area contributed by atoms with Gasteiger partial charge < -0.3 is 10.1 Å². The molecule has 1 aromatic heterocycles. The second kappa shape index (κ2) is 7.57. The minimum absolute atomic E-state index is 0.216. The molecule has 0 saturated carbocycles. The monoisotopic (exact) mass is 455 g/mol. The number of benzene rings is 2. The molecule has 6 nitrogen and oxygen atoms in total. The molecule has 2 heterocycles. The van der Waals surface area contributed by atoms with Crippen LogP contribution < -0.4 is 25.5 Å². The first kappa shape index (κ1) is 18.4. The number of aromatic amines is 1. The van der Waals surface area contributed by atoms with E-state index in [4.69, 9.17) is 4.74 Å². The fraction of sp³-hybridized carbons (Fsp3) is 0.0500. The summed E-state index contributed by atoms with van der Waals surface area (Å²) in [4.78, 5) is 31.6. The van der Waals surface area contributed by atoms with Crippen LogP contribution in [0.25, 0.3) is 12.2 Å². The average Bonchev–Trinajstić information content (AvgIpc) is 3.01. The number of ether oxygens (including phenoxy) is 1. The number of methoxy groups -OCH3 is 1. The average molecular weight is 456 g/mol. The molecule has 1 amide bonds. The smallest absolute Gasteiger partial charge is 0.306 e. The quantitative estimate of drug-likeness (QED) is 0.592. The Labute approximate surface area is 172 Å². The second-order valence-corrected chi connectivity index (χ2v) is 7.91. The molecular formula is C20H14BrN3O3S. The van der Waals surface area contributed by atoms with Crippen LogP contribution in [-0.2, 0) is 4.79 Å². The normalized spacial score (nSPS) is 14.2. The summed E-state index contributed by atoms with van der Waals surface area (Å²) in [6.45, 7) is 0. The van der Waals surface area contributed by atoms with E-state index in [1.807, 2.05) is 30.3 Å². The Morgan fingerprint density at radius 1 is 1.21 bits per heavy atom. The summed E-state index contributed by atoms with van der Waals surface area (Å²) in [6.07, 6.45) is 3.41. The number of thiazole rings is 1. The summed E-state index contributed by atoms with van der Waals surface area (Å²) < 4.78 is 6.15. The zero-order valence-corrected chi connectivity index (χ0v) is 17.1. The van der Waals surface area contributed by atoms with Crippen LogP contribution in [0.1, 0.15) is 4.88 Å². The lowest BCUT2D eigenvalue weighted by atomic mass is 10.1. The third-order valence-corrected chi connectivity index (χ3v) is 5.39. The number of fused-ring (bicyclic) bond motifs is 1. The highest BCUT2D eigenvalue weighted by Gasteiger charge is 2.14. The number of H-pyrrole nitrogens is 1. The molecule has 1 aliphatic heterocycles. The van der Waals surface area contributed by atoms with Gasteiger partial charge in [0.05, 0.1) is 17.3 Å². The molecule has 0 bridgehead atoms. The number of hydrogen-bond donors (Lipinski definition) is 2. The Morgan fingerprint density at radius 3 is 2.86 bits per heavy atom. The lowest BCUT2D eigenvalue weighted by Gasteiger charge is -2.07. The Bertz CT molecular complexity index is 1290. The van der Waals surface area contributed by atoms with Crippen molar-refractivity contribution >= 4 is 56.8 Å². The predicted molar refractivity (Wildman–Crippen MR) is 114 cm³/mol. The summed E-state index contributed by atoms with van der Waals surface area (Å²) in [6, 6.07) is 12.9. The number of carbonyl (C=O) groups excluding carboxylic acids is 1. The Balaban J connectivity index is 1.75. The SMILES string of the molecule is COc1ccc2c(c1)=CC(=Cc1sc(=O)[nH]c1Nc1cccc(Br)c1)C(=O)N=2. The lowest BCUT2D eigenvalue weighted by molar-refractivity contribution is -0.114. The summed E-state index contributed by atoms with van der Waals surface area (Å²) in [5.74, 6) is 0.854. The molecule has 28 heavy (non-hydrogen) atoms. The molecule has 0 spiro atoms. The molecule has 2 aromatic carbocycles. The third-order valence-electron chi connectivity index (χ3n) is 4.07. The number of halogens is 1. The molecule has 0 atom stereocenters. The topological polar surface area (TPSA) is 83.5 Å². The van der Waals surface area contributed by atoms with Crippen molar-refractivity contribution in [1.82, 2.24) is 4.98 Å². The molecule has 140 valence electrons. The molecule has 0 unspecified atom stereocenters. The number of aromatic nitrogens is 1. The maximum Gasteiger partial charge on any atom is 0.306 e. The van der Waals surface area contributed by atoms with Crippen molar-refractivity contribution in [3.05, 3.63) is 77.6 Å². The van der Waals surface area contributed by atoms with Crippen molar-refractivity contribution in [3.63, 3.8) is 0 Å². The summed E-state index contributed by atoms with van der Waals surface area (Å²) in [7, 11) is 1.58. The van der Waals surface area contributed by atoms with Crippen molar-refractivity contribution in [2.45, 2.75) is 0 Å². The second-order valence-electron chi connectivity index (χ2n) is 5.97. The van der Waals surface area contributed by atoms with E-state index in [2.05, 4.69) is 31.2 Å². The highest BCUT2D eigenvalue weighted by Crippen LogP contribution is 2.25. The van der Waals surface area contributed by atoms with E-state index in [1.165, 1.54) is 0 Å². The fourth-order valence-corrected chi connectivity index (χ4v) is 3.91. The number of carbonyl (C=O) groups is 1.